The summed E-state index contributed by atoms with van der Waals surface area (Å²) in [6.45, 7) is 2.51. The predicted molar refractivity (Wildman–Crippen MR) is 84.3 cm³/mol. The number of aromatic nitrogens is 1. The molecular formula is C13H12IN3O3. The van der Waals surface area contributed by atoms with Crippen LogP contribution in [0.2, 0.25) is 0 Å². The number of nitro groups is 1. The Hall–Kier alpha value is -1.90. The molecular weight excluding hydrogens is 373 g/mol. The molecule has 0 bridgehead atoms. The number of hydrogen-bond donors (Lipinski definition) is 1. The van der Waals surface area contributed by atoms with Crippen molar-refractivity contribution < 1.29 is 9.66 Å². The maximum absolute atomic E-state index is 10.9. The summed E-state index contributed by atoms with van der Waals surface area (Å²) in [5.74, 6) is 1.23. The number of para-hydroxylation sites is 1. The zero-order valence-corrected chi connectivity index (χ0v) is 12.8. The van der Waals surface area contributed by atoms with E-state index in [-0.39, 0.29) is 11.6 Å². The van der Waals surface area contributed by atoms with E-state index in [0.29, 0.717) is 18.1 Å². The first-order valence-electron chi connectivity index (χ1n) is 5.93. The fourth-order valence-electron chi connectivity index (χ4n) is 1.56. The summed E-state index contributed by atoms with van der Waals surface area (Å²) in [5.41, 5.74) is -0.0584. The Labute approximate surface area is 129 Å². The van der Waals surface area contributed by atoms with Gasteiger partial charge in [0.1, 0.15) is 11.6 Å². The van der Waals surface area contributed by atoms with Crippen molar-refractivity contribution in [1.82, 2.24) is 4.98 Å². The van der Waals surface area contributed by atoms with Crippen molar-refractivity contribution in [1.29, 1.82) is 0 Å². The van der Waals surface area contributed by atoms with E-state index < -0.39 is 4.92 Å². The Bertz CT molecular complexity index is 634. The van der Waals surface area contributed by atoms with Gasteiger partial charge in [-0.15, -0.1) is 0 Å². The molecule has 2 rings (SSSR count). The van der Waals surface area contributed by atoms with Crippen molar-refractivity contribution in [2.24, 2.45) is 0 Å². The molecule has 0 aliphatic rings. The minimum Gasteiger partial charge on any atom is -0.438 e. The largest absolute Gasteiger partial charge is 0.438 e. The number of pyridine rings is 1. The van der Waals surface area contributed by atoms with Gasteiger partial charge in [-0.1, -0.05) is 12.1 Å². The second kappa shape index (κ2) is 6.51. The summed E-state index contributed by atoms with van der Waals surface area (Å²) < 4.78 is 6.53. The topological polar surface area (TPSA) is 77.3 Å². The summed E-state index contributed by atoms with van der Waals surface area (Å²) in [4.78, 5) is 14.7. The Balaban J connectivity index is 2.35. The highest BCUT2D eigenvalue weighted by atomic mass is 127. The van der Waals surface area contributed by atoms with E-state index in [2.05, 4.69) is 32.9 Å². The van der Waals surface area contributed by atoms with Gasteiger partial charge in [-0.05, 0) is 41.6 Å². The van der Waals surface area contributed by atoms with E-state index in [1.807, 2.05) is 25.1 Å². The lowest BCUT2D eigenvalue weighted by molar-refractivity contribution is -0.384. The SMILES string of the molecule is CCNc1cc([N+](=O)[O-])cc(Oc2ccccc2I)n1. The summed E-state index contributed by atoms with van der Waals surface area (Å²) >= 11 is 2.13. The average molecular weight is 385 g/mol. The van der Waals surface area contributed by atoms with Gasteiger partial charge in [-0.25, -0.2) is 0 Å². The van der Waals surface area contributed by atoms with Crippen molar-refractivity contribution in [3.8, 4) is 11.6 Å². The molecule has 0 radical (unpaired) electrons. The van der Waals surface area contributed by atoms with Gasteiger partial charge in [0.2, 0.25) is 5.88 Å². The molecule has 1 N–H and O–H groups in total. The number of halogens is 1. The van der Waals surface area contributed by atoms with Crippen LogP contribution in [0.5, 0.6) is 11.6 Å². The molecule has 0 saturated carbocycles. The van der Waals surface area contributed by atoms with Gasteiger partial charge in [0.25, 0.3) is 5.69 Å². The fourth-order valence-corrected chi connectivity index (χ4v) is 2.06. The van der Waals surface area contributed by atoms with E-state index in [4.69, 9.17) is 4.74 Å². The standard InChI is InChI=1S/C13H12IN3O3/c1-2-15-12-7-9(17(18)19)8-13(16-12)20-11-6-4-3-5-10(11)14/h3-8H,2H2,1H3,(H,15,16). The Kier molecular flexibility index (Phi) is 4.72. The molecule has 6 nitrogen and oxygen atoms in total. The van der Waals surface area contributed by atoms with Crippen molar-refractivity contribution >= 4 is 34.1 Å². The Morgan fingerprint density at radius 1 is 1.40 bits per heavy atom. The summed E-state index contributed by atoms with van der Waals surface area (Å²) in [7, 11) is 0. The van der Waals surface area contributed by atoms with Crippen LogP contribution in [0, 0.1) is 13.7 Å². The first kappa shape index (κ1) is 14.5. The molecule has 0 aliphatic carbocycles. The molecule has 20 heavy (non-hydrogen) atoms. The third-order valence-corrected chi connectivity index (χ3v) is 3.30. The van der Waals surface area contributed by atoms with Crippen molar-refractivity contribution in [2.75, 3.05) is 11.9 Å². The van der Waals surface area contributed by atoms with Crippen LogP contribution < -0.4 is 10.1 Å². The van der Waals surface area contributed by atoms with Crippen LogP contribution in [0.1, 0.15) is 6.92 Å². The Morgan fingerprint density at radius 2 is 2.15 bits per heavy atom. The molecule has 1 aromatic heterocycles. The zero-order chi connectivity index (χ0) is 14.5. The highest BCUT2D eigenvalue weighted by Crippen LogP contribution is 2.29. The van der Waals surface area contributed by atoms with Crippen LogP contribution in [0.25, 0.3) is 0 Å². The number of nitrogens with zero attached hydrogens (tertiary/aromatic N) is 2. The number of hydrogen-bond acceptors (Lipinski definition) is 5. The molecule has 0 unspecified atom stereocenters. The molecule has 7 heteroatoms. The van der Waals surface area contributed by atoms with Crippen LogP contribution in [0.3, 0.4) is 0 Å². The molecule has 0 saturated heterocycles. The van der Waals surface area contributed by atoms with Gasteiger partial charge < -0.3 is 10.1 Å². The lowest BCUT2D eigenvalue weighted by atomic mass is 10.3. The first-order chi connectivity index (χ1) is 9.60. The molecule has 2 aromatic rings. The van der Waals surface area contributed by atoms with Crippen molar-refractivity contribution in [3.05, 3.63) is 50.1 Å². The number of nitrogens with one attached hydrogen (secondary N) is 1. The van der Waals surface area contributed by atoms with E-state index >= 15 is 0 Å². The molecule has 0 aliphatic heterocycles. The lowest BCUT2D eigenvalue weighted by Crippen LogP contribution is -2.02. The predicted octanol–water partition coefficient (Wildman–Crippen LogP) is 3.82. The van der Waals surface area contributed by atoms with Crippen molar-refractivity contribution in [3.63, 3.8) is 0 Å². The van der Waals surface area contributed by atoms with Crippen molar-refractivity contribution in [2.45, 2.75) is 6.92 Å². The third kappa shape index (κ3) is 3.56. The molecule has 104 valence electrons. The summed E-state index contributed by atoms with van der Waals surface area (Å²) in [5, 5.41) is 13.9. The van der Waals surface area contributed by atoms with Crippen LogP contribution in [0.4, 0.5) is 11.5 Å². The monoisotopic (exact) mass is 385 g/mol. The number of benzene rings is 1. The van der Waals surface area contributed by atoms with Crippen LogP contribution >= 0.6 is 22.6 Å². The van der Waals surface area contributed by atoms with Gasteiger partial charge in [-0.2, -0.15) is 4.98 Å². The van der Waals surface area contributed by atoms with Gasteiger partial charge in [0, 0.05) is 6.54 Å². The van der Waals surface area contributed by atoms with Crippen LogP contribution in [0.15, 0.2) is 36.4 Å². The fraction of sp³-hybridized carbons (Fsp3) is 0.154. The molecule has 0 atom stereocenters. The summed E-state index contributed by atoms with van der Waals surface area (Å²) in [6.07, 6.45) is 0. The second-order valence-corrected chi connectivity index (χ2v) is 5.03. The van der Waals surface area contributed by atoms with Gasteiger partial charge in [0.15, 0.2) is 0 Å². The van der Waals surface area contributed by atoms with E-state index in [1.165, 1.54) is 12.1 Å². The van der Waals surface area contributed by atoms with E-state index in [0.717, 1.165) is 3.57 Å². The highest BCUT2D eigenvalue weighted by molar-refractivity contribution is 14.1. The average Bonchev–Trinajstić information content (AvgIpc) is 2.41. The molecule has 0 amide bonds. The second-order valence-electron chi connectivity index (χ2n) is 3.87. The number of anilines is 1. The first-order valence-corrected chi connectivity index (χ1v) is 7.00. The normalized spacial score (nSPS) is 10.1. The van der Waals surface area contributed by atoms with E-state index in [9.17, 15) is 10.1 Å². The maximum Gasteiger partial charge on any atom is 0.278 e. The zero-order valence-electron chi connectivity index (χ0n) is 10.7. The lowest BCUT2D eigenvalue weighted by Gasteiger charge is -2.08. The minimum absolute atomic E-state index is 0.0584. The minimum atomic E-state index is -0.467. The van der Waals surface area contributed by atoms with Gasteiger partial charge in [0.05, 0.1) is 20.6 Å². The van der Waals surface area contributed by atoms with Gasteiger partial charge >= 0.3 is 0 Å². The smallest absolute Gasteiger partial charge is 0.278 e. The molecule has 1 aromatic carbocycles. The van der Waals surface area contributed by atoms with Crippen LogP contribution in [-0.2, 0) is 0 Å². The molecule has 0 fully saturated rings. The summed E-state index contributed by atoms with van der Waals surface area (Å²) in [6, 6.07) is 10.1. The maximum atomic E-state index is 10.9. The number of ether oxygens (including phenoxy) is 1. The van der Waals surface area contributed by atoms with E-state index in [1.54, 1.807) is 6.07 Å². The quantitative estimate of drug-likeness (QED) is 0.481. The highest BCUT2D eigenvalue weighted by Gasteiger charge is 2.13. The van der Waals surface area contributed by atoms with Crippen LogP contribution in [-0.4, -0.2) is 16.5 Å². The number of rotatable bonds is 5. The van der Waals surface area contributed by atoms with Gasteiger partial charge in [-0.3, -0.25) is 10.1 Å². The molecule has 1 heterocycles. The molecule has 0 spiro atoms. The third-order valence-electron chi connectivity index (χ3n) is 2.41. The Morgan fingerprint density at radius 3 is 2.80 bits per heavy atom.